The van der Waals surface area contributed by atoms with Crippen molar-refractivity contribution in [2.75, 3.05) is 33.3 Å². The van der Waals surface area contributed by atoms with Crippen LogP contribution in [0.4, 0.5) is 5.69 Å². The van der Waals surface area contributed by atoms with Crippen molar-refractivity contribution >= 4 is 51.9 Å². The van der Waals surface area contributed by atoms with E-state index in [2.05, 4.69) is 0 Å². The van der Waals surface area contributed by atoms with Gasteiger partial charge in [0.2, 0.25) is 5.75 Å². The highest BCUT2D eigenvalue weighted by Crippen LogP contribution is 2.43. The monoisotopic (exact) mass is 445 g/mol. The molecule has 3 rings (SSSR count). The van der Waals surface area contributed by atoms with Gasteiger partial charge in [-0.25, -0.2) is 4.79 Å². The lowest BCUT2D eigenvalue weighted by Crippen LogP contribution is -2.29. The number of hydrogen-bond donors (Lipinski definition) is 0. The maximum absolute atomic E-state index is 13.2. The Balaban J connectivity index is 2.05. The molecule has 0 aromatic heterocycles. The number of para-hydroxylation sites is 1. The SMILES string of the molecule is COC(=O)c1ccccc1N1C(=O)/C(=C/c2ccc(OC)c(OC)c2OC)SC1=S. The van der Waals surface area contributed by atoms with Crippen molar-refractivity contribution in [1.82, 2.24) is 0 Å². The number of thiocarbonyl (C=S) groups is 1. The Hall–Kier alpha value is -3.04. The number of nitrogens with zero attached hydrogens (tertiary/aromatic N) is 1. The Labute approximate surface area is 183 Å². The molecule has 1 amide bonds. The zero-order chi connectivity index (χ0) is 21.8. The molecule has 1 heterocycles. The van der Waals surface area contributed by atoms with Crippen molar-refractivity contribution in [3.05, 3.63) is 52.4 Å². The van der Waals surface area contributed by atoms with E-state index in [0.717, 1.165) is 11.8 Å². The van der Waals surface area contributed by atoms with Crippen LogP contribution in [0.2, 0.25) is 0 Å². The summed E-state index contributed by atoms with van der Waals surface area (Å²) in [6, 6.07) is 10.1. The van der Waals surface area contributed by atoms with Gasteiger partial charge in [0, 0.05) is 5.56 Å². The Kier molecular flexibility index (Phi) is 6.63. The fourth-order valence-electron chi connectivity index (χ4n) is 3.01. The first-order valence-electron chi connectivity index (χ1n) is 8.71. The lowest BCUT2D eigenvalue weighted by molar-refractivity contribution is -0.113. The lowest BCUT2D eigenvalue weighted by atomic mass is 10.1. The van der Waals surface area contributed by atoms with Gasteiger partial charge < -0.3 is 18.9 Å². The first kappa shape index (κ1) is 21.7. The Morgan fingerprint density at radius 3 is 2.33 bits per heavy atom. The van der Waals surface area contributed by atoms with E-state index in [-0.39, 0.29) is 11.5 Å². The van der Waals surface area contributed by atoms with E-state index in [1.165, 1.54) is 33.3 Å². The van der Waals surface area contributed by atoms with Crippen molar-refractivity contribution in [1.29, 1.82) is 0 Å². The molecular weight excluding hydrogens is 426 g/mol. The molecule has 2 aromatic carbocycles. The van der Waals surface area contributed by atoms with Crippen molar-refractivity contribution < 1.29 is 28.5 Å². The van der Waals surface area contributed by atoms with Gasteiger partial charge in [-0.2, -0.15) is 0 Å². The smallest absolute Gasteiger partial charge is 0.339 e. The first-order chi connectivity index (χ1) is 14.5. The van der Waals surface area contributed by atoms with Gasteiger partial charge in [-0.3, -0.25) is 9.69 Å². The maximum atomic E-state index is 13.2. The normalized spacial score (nSPS) is 14.8. The molecule has 0 bridgehead atoms. The molecule has 0 radical (unpaired) electrons. The topological polar surface area (TPSA) is 74.3 Å². The Morgan fingerprint density at radius 1 is 1.00 bits per heavy atom. The zero-order valence-electron chi connectivity index (χ0n) is 16.8. The van der Waals surface area contributed by atoms with E-state index in [9.17, 15) is 9.59 Å². The van der Waals surface area contributed by atoms with Crippen LogP contribution < -0.4 is 19.1 Å². The van der Waals surface area contributed by atoms with Crippen LogP contribution in [0.15, 0.2) is 41.3 Å². The van der Waals surface area contributed by atoms with E-state index < -0.39 is 5.97 Å². The molecular formula is C21H19NO6S2. The van der Waals surface area contributed by atoms with Gasteiger partial charge >= 0.3 is 5.97 Å². The summed E-state index contributed by atoms with van der Waals surface area (Å²) in [5, 5.41) is 0. The Morgan fingerprint density at radius 2 is 1.70 bits per heavy atom. The van der Waals surface area contributed by atoms with Crippen molar-refractivity contribution in [3.63, 3.8) is 0 Å². The zero-order valence-corrected chi connectivity index (χ0v) is 18.4. The summed E-state index contributed by atoms with van der Waals surface area (Å²) in [5.41, 5.74) is 1.24. The first-order valence-corrected chi connectivity index (χ1v) is 9.93. The molecule has 1 aliphatic heterocycles. The molecule has 1 fully saturated rings. The molecule has 30 heavy (non-hydrogen) atoms. The largest absolute Gasteiger partial charge is 0.493 e. The molecule has 9 heteroatoms. The van der Waals surface area contributed by atoms with E-state index in [4.69, 9.17) is 31.2 Å². The number of thioether (sulfide) groups is 1. The average molecular weight is 446 g/mol. The molecule has 1 aliphatic rings. The molecule has 0 aliphatic carbocycles. The number of methoxy groups -OCH3 is 4. The third kappa shape index (κ3) is 3.86. The molecule has 0 spiro atoms. The Bertz CT molecular complexity index is 1050. The number of anilines is 1. The molecule has 0 unspecified atom stereocenters. The predicted octanol–water partition coefficient (Wildman–Crippen LogP) is 3.90. The van der Waals surface area contributed by atoms with Gasteiger partial charge in [-0.05, 0) is 30.3 Å². The molecule has 2 aromatic rings. The third-order valence-corrected chi connectivity index (χ3v) is 5.67. The summed E-state index contributed by atoms with van der Waals surface area (Å²) in [5.74, 6) is 0.451. The number of hydrogen-bond acceptors (Lipinski definition) is 8. The summed E-state index contributed by atoms with van der Waals surface area (Å²) >= 11 is 6.56. The van der Waals surface area contributed by atoms with Gasteiger partial charge in [0.05, 0.1) is 44.6 Å². The molecule has 0 atom stereocenters. The van der Waals surface area contributed by atoms with Gasteiger partial charge in [0.15, 0.2) is 15.8 Å². The van der Waals surface area contributed by atoms with Crippen molar-refractivity contribution in [2.45, 2.75) is 0 Å². The summed E-state index contributed by atoms with van der Waals surface area (Å²) in [6.07, 6.45) is 1.67. The van der Waals surface area contributed by atoms with Crippen LogP contribution in [0.5, 0.6) is 17.2 Å². The van der Waals surface area contributed by atoms with Crippen LogP contribution in [0.25, 0.3) is 6.08 Å². The second-order valence-electron chi connectivity index (χ2n) is 5.95. The fourth-order valence-corrected chi connectivity index (χ4v) is 4.28. The maximum Gasteiger partial charge on any atom is 0.339 e. The average Bonchev–Trinajstić information content (AvgIpc) is 3.05. The molecule has 0 N–H and O–H groups in total. The van der Waals surface area contributed by atoms with Crippen LogP contribution in [0.3, 0.4) is 0 Å². The fraction of sp³-hybridized carbons (Fsp3) is 0.190. The predicted molar refractivity (Wildman–Crippen MR) is 120 cm³/mol. The van der Waals surface area contributed by atoms with E-state index in [1.807, 2.05) is 0 Å². The molecule has 0 saturated carbocycles. The third-order valence-electron chi connectivity index (χ3n) is 4.37. The van der Waals surface area contributed by atoms with E-state index in [0.29, 0.717) is 37.7 Å². The highest BCUT2D eigenvalue weighted by molar-refractivity contribution is 8.27. The van der Waals surface area contributed by atoms with E-state index in [1.54, 1.807) is 42.5 Å². The van der Waals surface area contributed by atoms with Gasteiger partial charge in [0.1, 0.15) is 0 Å². The quantitative estimate of drug-likeness (QED) is 0.377. The van der Waals surface area contributed by atoms with Crippen LogP contribution in [0.1, 0.15) is 15.9 Å². The minimum atomic E-state index is -0.551. The number of esters is 1. The van der Waals surface area contributed by atoms with Crippen LogP contribution in [0, 0.1) is 0 Å². The van der Waals surface area contributed by atoms with Gasteiger partial charge in [-0.1, -0.05) is 36.1 Å². The van der Waals surface area contributed by atoms with Crippen LogP contribution in [-0.2, 0) is 9.53 Å². The minimum Gasteiger partial charge on any atom is -0.493 e. The van der Waals surface area contributed by atoms with Crippen LogP contribution >= 0.6 is 24.0 Å². The number of carbonyl (C=O) groups is 2. The van der Waals surface area contributed by atoms with Crippen LogP contribution in [-0.4, -0.2) is 44.6 Å². The second kappa shape index (κ2) is 9.19. The molecule has 7 nitrogen and oxygen atoms in total. The number of rotatable bonds is 6. The van der Waals surface area contributed by atoms with Crippen molar-refractivity contribution in [2.24, 2.45) is 0 Å². The molecule has 156 valence electrons. The minimum absolute atomic E-state index is 0.251. The van der Waals surface area contributed by atoms with Gasteiger partial charge in [-0.15, -0.1) is 0 Å². The van der Waals surface area contributed by atoms with E-state index >= 15 is 0 Å². The lowest BCUT2D eigenvalue weighted by Gasteiger charge is -2.17. The summed E-state index contributed by atoms with van der Waals surface area (Å²) < 4.78 is 21.3. The van der Waals surface area contributed by atoms with Crippen molar-refractivity contribution in [3.8, 4) is 17.2 Å². The number of ether oxygens (including phenoxy) is 4. The summed E-state index contributed by atoms with van der Waals surface area (Å²) in [7, 11) is 5.83. The van der Waals surface area contributed by atoms with Gasteiger partial charge in [0.25, 0.3) is 5.91 Å². The standard InChI is InChI=1S/C21H19NO6S2/c1-25-15-10-9-12(17(26-2)18(15)27-3)11-16-19(23)22(21(29)30-16)14-8-6-5-7-13(14)20(24)28-4/h5-11H,1-4H3/b16-11-. The number of carbonyl (C=O) groups excluding carboxylic acids is 2. The second-order valence-corrected chi connectivity index (χ2v) is 7.63. The number of amides is 1. The number of benzene rings is 2. The highest BCUT2D eigenvalue weighted by atomic mass is 32.2. The molecule has 1 saturated heterocycles. The highest BCUT2D eigenvalue weighted by Gasteiger charge is 2.35. The summed E-state index contributed by atoms with van der Waals surface area (Å²) in [4.78, 5) is 27.0. The summed E-state index contributed by atoms with van der Waals surface area (Å²) in [6.45, 7) is 0.